The fourth-order valence-corrected chi connectivity index (χ4v) is 3.02. The standard InChI is InChI=1S/C16H19N5OS/c1-11-3-4-12-13(9-11)20-16(19-12)23-10-15(22)18-6-5-14-17-7-8-21(14)2/h3-4,7-9H,5-6,10H2,1-2H3,(H,18,22)(H,19,20). The van der Waals surface area contributed by atoms with E-state index in [0.29, 0.717) is 12.3 Å². The SMILES string of the molecule is Cc1ccc2nc(SCC(=O)NCCc3nccn3C)[nH]c2c1. The number of thioether (sulfide) groups is 1. The Labute approximate surface area is 138 Å². The summed E-state index contributed by atoms with van der Waals surface area (Å²) in [7, 11) is 1.95. The summed E-state index contributed by atoms with van der Waals surface area (Å²) < 4.78 is 1.96. The number of fused-ring (bicyclic) bond motifs is 1. The average molecular weight is 329 g/mol. The Balaban J connectivity index is 1.47. The third-order valence-electron chi connectivity index (χ3n) is 3.55. The minimum absolute atomic E-state index is 0.000783. The Morgan fingerprint density at radius 3 is 3.09 bits per heavy atom. The van der Waals surface area contributed by atoms with Crippen LogP contribution in [0.4, 0.5) is 0 Å². The quantitative estimate of drug-likeness (QED) is 0.679. The first-order valence-electron chi connectivity index (χ1n) is 7.44. The molecule has 0 bridgehead atoms. The number of benzene rings is 1. The van der Waals surface area contributed by atoms with E-state index in [4.69, 9.17) is 0 Å². The lowest BCUT2D eigenvalue weighted by Gasteiger charge is -2.04. The molecular formula is C16H19N5OS. The normalized spacial score (nSPS) is 11.0. The predicted octanol–water partition coefficient (Wildman–Crippen LogP) is 2.06. The molecule has 3 rings (SSSR count). The summed E-state index contributed by atoms with van der Waals surface area (Å²) >= 11 is 1.41. The Kier molecular flexibility index (Phi) is 4.66. The monoisotopic (exact) mass is 329 g/mol. The molecule has 0 atom stereocenters. The van der Waals surface area contributed by atoms with E-state index < -0.39 is 0 Å². The van der Waals surface area contributed by atoms with Crippen LogP contribution >= 0.6 is 11.8 Å². The van der Waals surface area contributed by atoms with Gasteiger partial charge in [0.2, 0.25) is 5.91 Å². The molecule has 1 aromatic carbocycles. The van der Waals surface area contributed by atoms with Gasteiger partial charge in [0.25, 0.3) is 0 Å². The highest BCUT2D eigenvalue weighted by Gasteiger charge is 2.07. The highest BCUT2D eigenvalue weighted by atomic mass is 32.2. The van der Waals surface area contributed by atoms with Gasteiger partial charge in [-0.05, 0) is 24.6 Å². The van der Waals surface area contributed by atoms with Gasteiger partial charge in [-0.2, -0.15) is 0 Å². The molecular weight excluding hydrogens is 310 g/mol. The van der Waals surface area contributed by atoms with Gasteiger partial charge < -0.3 is 14.9 Å². The number of rotatable bonds is 6. The zero-order chi connectivity index (χ0) is 16.2. The van der Waals surface area contributed by atoms with E-state index in [9.17, 15) is 4.79 Å². The fourth-order valence-electron chi connectivity index (χ4n) is 2.30. The Bertz CT molecular complexity index is 823. The van der Waals surface area contributed by atoms with Crippen molar-refractivity contribution in [3.8, 4) is 0 Å². The molecule has 2 N–H and O–H groups in total. The molecule has 2 heterocycles. The molecule has 0 unspecified atom stereocenters. The molecule has 0 aliphatic carbocycles. The van der Waals surface area contributed by atoms with Crippen molar-refractivity contribution in [3.63, 3.8) is 0 Å². The number of aromatic nitrogens is 4. The number of carbonyl (C=O) groups excluding carboxylic acids is 1. The second-order valence-corrected chi connectivity index (χ2v) is 6.37. The number of amides is 1. The third kappa shape index (κ3) is 3.92. The predicted molar refractivity (Wildman–Crippen MR) is 91.5 cm³/mol. The fraction of sp³-hybridized carbons (Fsp3) is 0.312. The van der Waals surface area contributed by atoms with Gasteiger partial charge in [0.1, 0.15) is 5.82 Å². The van der Waals surface area contributed by atoms with E-state index in [-0.39, 0.29) is 5.91 Å². The van der Waals surface area contributed by atoms with Crippen LogP contribution in [0.3, 0.4) is 0 Å². The first kappa shape index (κ1) is 15.6. The number of aromatic amines is 1. The van der Waals surface area contributed by atoms with Gasteiger partial charge in [0.15, 0.2) is 5.16 Å². The van der Waals surface area contributed by atoms with Crippen LogP contribution < -0.4 is 5.32 Å². The molecule has 2 aromatic heterocycles. The van der Waals surface area contributed by atoms with Gasteiger partial charge in [0.05, 0.1) is 16.8 Å². The first-order chi connectivity index (χ1) is 11.1. The van der Waals surface area contributed by atoms with E-state index in [1.54, 1.807) is 6.20 Å². The molecule has 6 nitrogen and oxygen atoms in total. The lowest BCUT2D eigenvalue weighted by molar-refractivity contribution is -0.118. The number of nitrogens with zero attached hydrogens (tertiary/aromatic N) is 3. The molecule has 0 saturated carbocycles. The van der Waals surface area contributed by atoms with Crippen LogP contribution in [-0.4, -0.2) is 37.7 Å². The van der Waals surface area contributed by atoms with Crippen LogP contribution in [0.15, 0.2) is 35.7 Å². The Hall–Kier alpha value is -2.28. The summed E-state index contributed by atoms with van der Waals surface area (Å²) in [6.45, 7) is 2.63. The summed E-state index contributed by atoms with van der Waals surface area (Å²) in [4.78, 5) is 23.8. The van der Waals surface area contributed by atoms with E-state index in [1.165, 1.54) is 17.3 Å². The molecule has 0 saturated heterocycles. The average Bonchev–Trinajstić information content (AvgIpc) is 3.11. The van der Waals surface area contributed by atoms with Crippen LogP contribution in [-0.2, 0) is 18.3 Å². The van der Waals surface area contributed by atoms with Crippen LogP contribution in [0, 0.1) is 6.92 Å². The van der Waals surface area contributed by atoms with Gasteiger partial charge >= 0.3 is 0 Å². The molecule has 0 fully saturated rings. The summed E-state index contributed by atoms with van der Waals surface area (Å²) in [6, 6.07) is 6.07. The molecule has 7 heteroatoms. The van der Waals surface area contributed by atoms with Crippen molar-refractivity contribution < 1.29 is 4.79 Å². The second-order valence-electron chi connectivity index (χ2n) is 5.41. The summed E-state index contributed by atoms with van der Waals surface area (Å²) in [5.41, 5.74) is 3.11. The maximum Gasteiger partial charge on any atom is 0.230 e. The van der Waals surface area contributed by atoms with Gasteiger partial charge in [-0.1, -0.05) is 17.8 Å². The minimum Gasteiger partial charge on any atom is -0.355 e. The van der Waals surface area contributed by atoms with Crippen molar-refractivity contribution in [1.29, 1.82) is 0 Å². The van der Waals surface area contributed by atoms with Gasteiger partial charge in [-0.3, -0.25) is 4.79 Å². The number of hydrogen-bond acceptors (Lipinski definition) is 4. The second kappa shape index (κ2) is 6.87. The van der Waals surface area contributed by atoms with E-state index >= 15 is 0 Å². The number of hydrogen-bond donors (Lipinski definition) is 2. The molecule has 0 radical (unpaired) electrons. The number of nitrogens with one attached hydrogen (secondary N) is 2. The highest BCUT2D eigenvalue weighted by molar-refractivity contribution is 7.99. The Morgan fingerprint density at radius 2 is 2.30 bits per heavy atom. The molecule has 0 spiro atoms. The first-order valence-corrected chi connectivity index (χ1v) is 8.42. The van der Waals surface area contributed by atoms with Crippen molar-refractivity contribution in [3.05, 3.63) is 42.0 Å². The van der Waals surface area contributed by atoms with Crippen LogP contribution in [0.1, 0.15) is 11.4 Å². The van der Waals surface area contributed by atoms with Gasteiger partial charge in [-0.25, -0.2) is 9.97 Å². The zero-order valence-electron chi connectivity index (χ0n) is 13.2. The Morgan fingerprint density at radius 1 is 1.43 bits per heavy atom. The highest BCUT2D eigenvalue weighted by Crippen LogP contribution is 2.20. The molecule has 1 amide bonds. The lowest BCUT2D eigenvalue weighted by atomic mass is 10.2. The maximum absolute atomic E-state index is 11.9. The third-order valence-corrected chi connectivity index (χ3v) is 4.42. The van der Waals surface area contributed by atoms with E-state index in [2.05, 4.69) is 26.3 Å². The number of imidazole rings is 2. The summed E-state index contributed by atoms with van der Waals surface area (Å²) in [6.07, 6.45) is 4.39. The van der Waals surface area contributed by atoms with Crippen molar-refractivity contribution in [2.24, 2.45) is 7.05 Å². The molecule has 0 aliphatic rings. The van der Waals surface area contributed by atoms with Gasteiger partial charge in [-0.15, -0.1) is 0 Å². The molecule has 120 valence electrons. The number of H-pyrrole nitrogens is 1. The summed E-state index contributed by atoms with van der Waals surface area (Å²) in [5, 5.41) is 3.67. The van der Waals surface area contributed by atoms with Crippen LogP contribution in [0.2, 0.25) is 0 Å². The van der Waals surface area contributed by atoms with Crippen molar-refractivity contribution in [2.45, 2.75) is 18.5 Å². The topological polar surface area (TPSA) is 75.6 Å². The lowest BCUT2D eigenvalue weighted by Crippen LogP contribution is -2.27. The van der Waals surface area contributed by atoms with Crippen LogP contribution in [0.5, 0.6) is 0 Å². The van der Waals surface area contributed by atoms with Crippen molar-refractivity contribution in [1.82, 2.24) is 24.8 Å². The minimum atomic E-state index is 0.000783. The molecule has 3 aromatic rings. The maximum atomic E-state index is 11.9. The largest absolute Gasteiger partial charge is 0.355 e. The number of carbonyl (C=O) groups is 1. The molecule has 23 heavy (non-hydrogen) atoms. The number of aryl methyl sites for hydroxylation is 2. The van der Waals surface area contributed by atoms with E-state index in [1.807, 2.05) is 36.9 Å². The smallest absolute Gasteiger partial charge is 0.230 e. The molecule has 0 aliphatic heterocycles. The van der Waals surface area contributed by atoms with Crippen molar-refractivity contribution >= 4 is 28.7 Å². The zero-order valence-corrected chi connectivity index (χ0v) is 14.0. The van der Waals surface area contributed by atoms with E-state index in [0.717, 1.165) is 28.4 Å². The van der Waals surface area contributed by atoms with Crippen molar-refractivity contribution in [2.75, 3.05) is 12.3 Å². The summed E-state index contributed by atoms with van der Waals surface area (Å²) in [5.74, 6) is 1.31. The van der Waals surface area contributed by atoms with Crippen LogP contribution in [0.25, 0.3) is 11.0 Å². The van der Waals surface area contributed by atoms with Gasteiger partial charge in [0, 0.05) is 32.4 Å².